The fraction of sp³-hybridized carbons (Fsp3) is 0.456. The van der Waals surface area contributed by atoms with Crippen LogP contribution in [-0.4, -0.2) is 92.9 Å². The number of carbonyl (C=O) groups excluding carboxylic acids is 9. The van der Waals surface area contributed by atoms with Gasteiger partial charge < -0.3 is 49.9 Å². The number of fused-ring (bicyclic) bond motifs is 5. The minimum Gasteiger partial charge on any atom is -0.457 e. The van der Waals surface area contributed by atoms with Crippen LogP contribution in [0, 0.1) is 11.8 Å². The summed E-state index contributed by atoms with van der Waals surface area (Å²) >= 11 is 0. The second-order valence-corrected chi connectivity index (χ2v) is 21.0. The zero-order chi connectivity index (χ0) is 57.3. The van der Waals surface area contributed by atoms with Gasteiger partial charge in [-0.05, 0) is 113 Å². The topological polar surface area (TPSA) is 300 Å². The normalized spacial score (nSPS) is 16.1. The van der Waals surface area contributed by atoms with Gasteiger partial charge >= 0.3 is 24.3 Å². The summed E-state index contributed by atoms with van der Waals surface area (Å²) in [5.41, 5.74) is 6.20. The van der Waals surface area contributed by atoms with Crippen LogP contribution in [-0.2, 0) is 79.5 Å². The molecule has 22 heteroatoms. The number of anilines is 1. The number of ketones is 1. The number of hydrogen-bond donors (Lipinski definition) is 4. The lowest BCUT2D eigenvalue weighted by Gasteiger charge is -2.35. The molecule has 5 N–H and O–H groups in total. The number of rotatable bonds is 23. The Morgan fingerprint density at radius 3 is 2.27 bits per heavy atom. The van der Waals surface area contributed by atoms with E-state index < -0.39 is 58.9 Å². The smallest absolute Gasteiger partial charge is 0.457 e. The number of nitrogens with one attached hydrogen (secondary N) is 3. The van der Waals surface area contributed by atoms with E-state index in [4.69, 9.17) is 34.4 Å². The number of Topliss-reactive ketones (excluding diaryl/α,β-unsaturated/α-hetero) is 1. The zero-order valence-electron chi connectivity index (χ0n) is 45.4. The number of nitrogens with two attached hydrogens (primary N) is 1. The van der Waals surface area contributed by atoms with Crippen LogP contribution in [0.15, 0.2) is 65.5 Å². The van der Waals surface area contributed by atoms with E-state index >= 15 is 0 Å². The number of primary amides is 1. The van der Waals surface area contributed by atoms with Crippen molar-refractivity contribution in [3.05, 3.63) is 98.9 Å². The van der Waals surface area contributed by atoms with Crippen molar-refractivity contribution in [1.29, 1.82) is 0 Å². The van der Waals surface area contributed by atoms with E-state index in [-0.39, 0.29) is 105 Å². The van der Waals surface area contributed by atoms with Gasteiger partial charge in [-0.15, -0.1) is 0 Å². The lowest BCUT2D eigenvalue weighted by atomic mass is 9.85. The van der Waals surface area contributed by atoms with Crippen LogP contribution in [0.2, 0.25) is 0 Å². The Kier molecular flexibility index (Phi) is 18.4. The van der Waals surface area contributed by atoms with Crippen molar-refractivity contribution in [3.8, 4) is 17.1 Å². The maximum absolute atomic E-state index is 14.3. The predicted octanol–water partition coefficient (Wildman–Crippen LogP) is 6.91. The summed E-state index contributed by atoms with van der Waals surface area (Å²) in [5, 5.41) is 8.84. The van der Waals surface area contributed by atoms with Crippen LogP contribution in [0.1, 0.15) is 128 Å². The van der Waals surface area contributed by atoms with Crippen LogP contribution in [0.3, 0.4) is 0 Å². The number of pyridine rings is 2. The van der Waals surface area contributed by atoms with Crippen LogP contribution < -0.4 is 32.0 Å². The Labute approximate surface area is 456 Å². The number of nitrogens with zero attached hydrogens (tertiary/aromatic N) is 3. The van der Waals surface area contributed by atoms with Gasteiger partial charge in [-0.3, -0.25) is 33.7 Å². The first-order valence-electron chi connectivity index (χ1n) is 26.5. The van der Waals surface area contributed by atoms with Gasteiger partial charge in [0.05, 0.1) is 35.1 Å². The van der Waals surface area contributed by atoms with E-state index in [0.29, 0.717) is 60.3 Å². The van der Waals surface area contributed by atoms with Gasteiger partial charge in [0.1, 0.15) is 24.6 Å². The maximum Gasteiger partial charge on any atom is 0.514 e. The third-order valence-electron chi connectivity index (χ3n) is 13.9. The molecule has 420 valence electrons. The van der Waals surface area contributed by atoms with E-state index in [1.165, 1.54) is 12.2 Å². The molecule has 7 rings (SSSR count). The third-order valence-corrected chi connectivity index (χ3v) is 13.9. The highest BCUT2D eigenvalue weighted by Crippen LogP contribution is 2.43. The molecule has 0 unspecified atom stereocenters. The molecule has 0 fully saturated rings. The molecular formula is C57H67N7O15. The first kappa shape index (κ1) is 58.3. The first-order chi connectivity index (χ1) is 37.5. The van der Waals surface area contributed by atoms with Gasteiger partial charge in [-0.25, -0.2) is 24.2 Å². The Balaban J connectivity index is 0.987. The number of urea groups is 1. The highest BCUT2D eigenvalue weighted by molar-refractivity contribution is 6.12. The molecule has 22 nitrogen and oxygen atoms in total. The molecule has 0 saturated heterocycles. The number of aromatic nitrogens is 2. The lowest BCUT2D eigenvalue weighted by Crippen LogP contribution is -2.47. The minimum atomic E-state index is -2.05. The number of hydrogen-bond acceptors (Lipinski definition) is 16. The summed E-state index contributed by atoms with van der Waals surface area (Å²) in [4.78, 5) is 136. The Morgan fingerprint density at radius 1 is 0.886 bits per heavy atom. The standard InChI is InChI=1S/C57H67N7O15/c1-8-37-38-27-36(77-55(74)78-56(5,6)7)20-21-42(38)61-49-39(37)29-64-43(49)28-41-40(51(64)70)31-75-52(71)57(41,9-2)79-54(73)76-30-33-16-18-35(19-17-33)60-50(69)34(14-13-24-59-53(58)72)26-44(65)48(32(3)4)62-45(66)15-11-10-12-25-63-46(67)22-23-47(63)68/h16-23,27-28,32,34,48H,8-15,24-26,29-31H2,1-7H3,(H,60,69)(H,62,66)(H3,58,59,72)/t34-,48+,57+/m1/s1. The molecule has 0 radical (unpaired) electrons. The molecule has 2 aromatic heterocycles. The number of aryl methyl sites for hydroxylation is 1. The molecule has 2 aromatic carbocycles. The minimum absolute atomic E-state index is 0.112. The van der Waals surface area contributed by atoms with Crippen molar-refractivity contribution in [1.82, 2.24) is 25.1 Å². The van der Waals surface area contributed by atoms with Crippen molar-refractivity contribution in [3.63, 3.8) is 0 Å². The molecule has 6 amide bonds. The molecule has 4 aromatic rings. The van der Waals surface area contributed by atoms with E-state index in [9.17, 15) is 47.9 Å². The lowest BCUT2D eigenvalue weighted by molar-refractivity contribution is -0.175. The van der Waals surface area contributed by atoms with Gasteiger partial charge in [0.25, 0.3) is 17.4 Å². The van der Waals surface area contributed by atoms with Crippen molar-refractivity contribution >= 4 is 70.3 Å². The monoisotopic (exact) mass is 1090 g/mol. The third kappa shape index (κ3) is 13.8. The summed E-state index contributed by atoms with van der Waals surface area (Å²) in [6.45, 7) is 12.2. The van der Waals surface area contributed by atoms with Crippen LogP contribution in [0.4, 0.5) is 20.1 Å². The Hall–Kier alpha value is -8.43. The summed E-state index contributed by atoms with van der Waals surface area (Å²) < 4.78 is 29.2. The van der Waals surface area contributed by atoms with Crippen LogP contribution in [0.5, 0.6) is 5.75 Å². The molecule has 79 heavy (non-hydrogen) atoms. The van der Waals surface area contributed by atoms with Gasteiger partial charge in [-0.1, -0.05) is 46.2 Å². The number of benzene rings is 2. The highest BCUT2D eigenvalue weighted by atomic mass is 16.7. The fourth-order valence-corrected chi connectivity index (χ4v) is 9.88. The van der Waals surface area contributed by atoms with Crippen molar-refractivity contribution in [2.45, 2.75) is 143 Å². The average Bonchev–Trinajstić information content (AvgIpc) is 4.03. The molecule has 0 bridgehead atoms. The largest absolute Gasteiger partial charge is 0.514 e. The molecule has 0 aliphatic carbocycles. The van der Waals surface area contributed by atoms with Crippen molar-refractivity contribution < 1.29 is 66.8 Å². The Morgan fingerprint density at radius 2 is 1.61 bits per heavy atom. The predicted molar refractivity (Wildman–Crippen MR) is 286 cm³/mol. The van der Waals surface area contributed by atoms with E-state index in [1.54, 1.807) is 94.6 Å². The van der Waals surface area contributed by atoms with Gasteiger partial charge in [0, 0.05) is 66.2 Å². The molecular weight excluding hydrogens is 1020 g/mol. The number of amides is 6. The molecule has 0 spiro atoms. The average molecular weight is 1090 g/mol. The van der Waals surface area contributed by atoms with Gasteiger partial charge in [0.15, 0.2) is 5.78 Å². The number of carbonyl (C=O) groups is 9. The first-order valence-corrected chi connectivity index (χ1v) is 26.5. The van der Waals surface area contributed by atoms with E-state index in [1.807, 2.05) is 6.92 Å². The summed E-state index contributed by atoms with van der Waals surface area (Å²) in [5.74, 6) is -3.75. The Bertz CT molecular complexity index is 3140. The summed E-state index contributed by atoms with van der Waals surface area (Å²) in [7, 11) is 0. The SMILES string of the molecule is CCc1c2c(nc3ccc(OC(=O)OC(C)(C)C)cc13)-c1cc3c(c(=O)n1C2)COC(=O)[C@@]3(CC)OC(=O)OCc1ccc(NC(=O)[C@H](CCCNC(N)=O)CC(=O)[C@@H](NC(=O)CCCCCN2C(=O)C=CC2=O)C(C)C)cc1. The van der Waals surface area contributed by atoms with Crippen molar-refractivity contribution in [2.24, 2.45) is 17.6 Å². The number of unbranched alkanes of at least 4 members (excludes halogenated alkanes) is 2. The maximum atomic E-state index is 14.3. The molecule has 3 atom stereocenters. The van der Waals surface area contributed by atoms with Crippen LogP contribution in [0.25, 0.3) is 22.3 Å². The van der Waals surface area contributed by atoms with E-state index in [2.05, 4.69) is 16.0 Å². The van der Waals surface area contributed by atoms with Gasteiger partial charge in [0.2, 0.25) is 17.4 Å². The number of cyclic esters (lactones) is 1. The quantitative estimate of drug-likeness (QED) is 0.0170. The number of ether oxygens (including phenoxy) is 5. The highest BCUT2D eigenvalue weighted by Gasteiger charge is 2.51. The molecule has 3 aliphatic rings. The summed E-state index contributed by atoms with van der Waals surface area (Å²) in [6, 6.07) is 11.3. The number of esters is 1. The fourth-order valence-electron chi connectivity index (χ4n) is 9.88. The molecule has 0 saturated carbocycles. The second kappa shape index (κ2) is 24.9. The molecule has 5 heterocycles. The van der Waals surface area contributed by atoms with Crippen LogP contribution >= 0.6 is 0 Å². The zero-order valence-corrected chi connectivity index (χ0v) is 45.4. The van der Waals surface area contributed by atoms with Gasteiger partial charge in [-0.2, -0.15) is 0 Å². The van der Waals surface area contributed by atoms with E-state index in [0.717, 1.165) is 21.4 Å². The second-order valence-electron chi connectivity index (χ2n) is 21.0. The van der Waals surface area contributed by atoms with Crippen molar-refractivity contribution in [2.75, 3.05) is 18.4 Å². The summed E-state index contributed by atoms with van der Waals surface area (Å²) in [6.07, 6.45) is 2.73. The number of imide groups is 1. The molecule has 3 aliphatic heterocycles.